The van der Waals surface area contributed by atoms with Gasteiger partial charge in [0.2, 0.25) is 0 Å². The highest BCUT2D eigenvalue weighted by Gasteiger charge is 2.63. The van der Waals surface area contributed by atoms with Crippen LogP contribution in [0.1, 0.15) is 46.5 Å². The SMILES string of the molecule is CCCCN1C(=O)N(C2CC2)C(C)C(C)([N+](=O)[O-])C1=O. The van der Waals surface area contributed by atoms with Gasteiger partial charge in [-0.15, -0.1) is 0 Å². The largest absolute Gasteiger partial charge is 0.327 e. The van der Waals surface area contributed by atoms with Crippen LogP contribution in [0.4, 0.5) is 4.79 Å². The van der Waals surface area contributed by atoms with Gasteiger partial charge in [-0.1, -0.05) is 13.3 Å². The summed E-state index contributed by atoms with van der Waals surface area (Å²) >= 11 is 0. The number of imide groups is 1. The average molecular weight is 283 g/mol. The van der Waals surface area contributed by atoms with Crippen molar-refractivity contribution >= 4 is 11.9 Å². The lowest BCUT2D eigenvalue weighted by atomic mass is 9.88. The Kier molecular flexibility index (Phi) is 3.71. The van der Waals surface area contributed by atoms with Crippen LogP contribution in [0.2, 0.25) is 0 Å². The standard InChI is InChI=1S/C13H21N3O4/c1-4-5-8-14-11(17)13(3,16(19)20)9(2)15(12(14)18)10-6-7-10/h9-10H,4-8H2,1-3H3. The zero-order valence-electron chi connectivity index (χ0n) is 12.2. The molecule has 2 atom stereocenters. The smallest absolute Gasteiger partial charge is 0.311 e. The van der Waals surface area contributed by atoms with Gasteiger partial charge in [0, 0.05) is 24.4 Å². The zero-order valence-corrected chi connectivity index (χ0v) is 12.2. The zero-order chi connectivity index (χ0) is 15.1. The fraction of sp³-hybridized carbons (Fsp3) is 0.846. The first-order valence-corrected chi connectivity index (χ1v) is 7.14. The molecule has 2 unspecified atom stereocenters. The summed E-state index contributed by atoms with van der Waals surface area (Å²) in [5.41, 5.74) is -1.75. The highest BCUT2D eigenvalue weighted by Crippen LogP contribution is 2.37. The van der Waals surface area contributed by atoms with Crippen molar-refractivity contribution in [2.45, 2.75) is 64.1 Å². The second-order valence-electron chi connectivity index (χ2n) is 5.81. The van der Waals surface area contributed by atoms with Gasteiger partial charge in [-0.25, -0.2) is 4.79 Å². The number of carbonyl (C=O) groups excluding carboxylic acids is 2. The van der Waals surface area contributed by atoms with E-state index in [9.17, 15) is 19.7 Å². The minimum absolute atomic E-state index is 0.0500. The number of amides is 3. The first kappa shape index (κ1) is 14.7. The summed E-state index contributed by atoms with van der Waals surface area (Å²) in [5, 5.41) is 11.4. The minimum atomic E-state index is -1.75. The Labute approximate surface area is 118 Å². The number of unbranched alkanes of at least 4 members (excludes halogenated alkanes) is 1. The fourth-order valence-corrected chi connectivity index (χ4v) is 2.68. The van der Waals surface area contributed by atoms with Gasteiger partial charge in [0.15, 0.2) is 0 Å². The molecule has 0 N–H and O–H groups in total. The fourth-order valence-electron chi connectivity index (χ4n) is 2.68. The lowest BCUT2D eigenvalue weighted by Crippen LogP contribution is -2.72. The summed E-state index contributed by atoms with van der Waals surface area (Å²) in [4.78, 5) is 38.4. The van der Waals surface area contributed by atoms with Crippen LogP contribution in [0, 0.1) is 10.1 Å². The summed E-state index contributed by atoms with van der Waals surface area (Å²) in [7, 11) is 0. The summed E-state index contributed by atoms with van der Waals surface area (Å²) in [6.07, 6.45) is 3.21. The van der Waals surface area contributed by atoms with E-state index in [1.54, 1.807) is 11.8 Å². The quantitative estimate of drug-likeness (QED) is 0.567. The van der Waals surface area contributed by atoms with E-state index in [1.165, 1.54) is 6.92 Å². The van der Waals surface area contributed by atoms with E-state index in [-0.39, 0.29) is 18.6 Å². The Hall–Kier alpha value is -1.66. The molecular weight excluding hydrogens is 262 g/mol. The predicted octanol–water partition coefficient (Wildman–Crippen LogP) is 1.64. The molecule has 1 aliphatic carbocycles. The lowest BCUT2D eigenvalue weighted by molar-refractivity contribution is -0.557. The van der Waals surface area contributed by atoms with Crippen molar-refractivity contribution in [2.24, 2.45) is 0 Å². The molecule has 1 aliphatic heterocycles. The van der Waals surface area contributed by atoms with E-state index in [2.05, 4.69) is 0 Å². The number of carbonyl (C=O) groups is 2. The molecule has 0 aromatic carbocycles. The van der Waals surface area contributed by atoms with Crippen LogP contribution in [0.25, 0.3) is 0 Å². The van der Waals surface area contributed by atoms with Crippen molar-refractivity contribution in [3.63, 3.8) is 0 Å². The molecule has 3 amide bonds. The molecule has 2 aliphatic rings. The van der Waals surface area contributed by atoms with E-state index in [0.717, 1.165) is 24.2 Å². The van der Waals surface area contributed by atoms with Crippen molar-refractivity contribution in [1.82, 2.24) is 9.80 Å². The number of nitrogens with zero attached hydrogens (tertiary/aromatic N) is 3. The van der Waals surface area contributed by atoms with Crippen LogP contribution in [-0.2, 0) is 4.79 Å². The summed E-state index contributed by atoms with van der Waals surface area (Å²) in [6, 6.07) is -1.02. The second kappa shape index (κ2) is 5.03. The van der Waals surface area contributed by atoms with Crippen molar-refractivity contribution in [3.05, 3.63) is 10.1 Å². The maximum absolute atomic E-state index is 12.5. The van der Waals surface area contributed by atoms with E-state index in [1.807, 2.05) is 6.92 Å². The molecule has 0 aromatic heterocycles. The van der Waals surface area contributed by atoms with E-state index < -0.39 is 22.4 Å². The first-order valence-electron chi connectivity index (χ1n) is 7.14. The molecule has 7 heteroatoms. The van der Waals surface area contributed by atoms with Gasteiger partial charge in [0.1, 0.15) is 6.04 Å². The van der Waals surface area contributed by atoms with Gasteiger partial charge in [-0.05, 0) is 26.2 Å². The topological polar surface area (TPSA) is 83.8 Å². The van der Waals surface area contributed by atoms with Gasteiger partial charge in [-0.3, -0.25) is 19.8 Å². The van der Waals surface area contributed by atoms with Crippen LogP contribution in [0.15, 0.2) is 0 Å². The third-order valence-electron chi connectivity index (χ3n) is 4.42. The summed E-state index contributed by atoms with van der Waals surface area (Å²) in [6.45, 7) is 5.15. The van der Waals surface area contributed by atoms with Crippen LogP contribution in [0.3, 0.4) is 0 Å². The van der Waals surface area contributed by atoms with Gasteiger partial charge >= 0.3 is 17.5 Å². The van der Waals surface area contributed by atoms with E-state index in [4.69, 9.17) is 0 Å². The molecule has 1 saturated carbocycles. The molecule has 2 fully saturated rings. The normalized spacial score (nSPS) is 30.9. The van der Waals surface area contributed by atoms with E-state index >= 15 is 0 Å². The Balaban J connectivity index is 2.36. The third-order valence-corrected chi connectivity index (χ3v) is 4.42. The summed E-state index contributed by atoms with van der Waals surface area (Å²) < 4.78 is 0. The van der Waals surface area contributed by atoms with Crippen LogP contribution in [0.5, 0.6) is 0 Å². The molecule has 112 valence electrons. The van der Waals surface area contributed by atoms with E-state index in [0.29, 0.717) is 6.42 Å². The molecule has 0 bridgehead atoms. The van der Waals surface area contributed by atoms with Gasteiger partial charge < -0.3 is 4.90 Å². The number of hydrogen-bond donors (Lipinski definition) is 0. The molecule has 7 nitrogen and oxygen atoms in total. The highest BCUT2D eigenvalue weighted by atomic mass is 16.6. The Morgan fingerprint density at radius 3 is 2.45 bits per heavy atom. The molecule has 0 aromatic rings. The van der Waals surface area contributed by atoms with Crippen molar-refractivity contribution < 1.29 is 14.5 Å². The molecule has 0 radical (unpaired) electrons. The molecule has 2 rings (SSSR count). The molecule has 1 saturated heterocycles. The molecule has 1 heterocycles. The van der Waals surface area contributed by atoms with Crippen LogP contribution < -0.4 is 0 Å². The Morgan fingerprint density at radius 1 is 1.40 bits per heavy atom. The summed E-state index contributed by atoms with van der Waals surface area (Å²) in [5.74, 6) is -0.676. The minimum Gasteiger partial charge on any atom is -0.311 e. The molecular formula is C13H21N3O4. The van der Waals surface area contributed by atoms with Crippen LogP contribution >= 0.6 is 0 Å². The van der Waals surface area contributed by atoms with Gasteiger partial charge in [-0.2, -0.15) is 0 Å². The third kappa shape index (κ3) is 2.05. The first-order chi connectivity index (χ1) is 9.35. The second-order valence-corrected chi connectivity index (χ2v) is 5.81. The number of hydrogen-bond acceptors (Lipinski definition) is 4. The predicted molar refractivity (Wildman–Crippen MR) is 71.7 cm³/mol. The maximum atomic E-state index is 12.5. The number of urea groups is 1. The average Bonchev–Trinajstić information content (AvgIpc) is 3.21. The number of nitro groups is 1. The molecule has 20 heavy (non-hydrogen) atoms. The Morgan fingerprint density at radius 2 is 2.00 bits per heavy atom. The maximum Gasteiger partial charge on any atom is 0.327 e. The van der Waals surface area contributed by atoms with Gasteiger partial charge in [0.05, 0.1) is 0 Å². The molecule has 0 spiro atoms. The lowest BCUT2D eigenvalue weighted by Gasteiger charge is -2.44. The highest BCUT2D eigenvalue weighted by molar-refractivity contribution is 6.02. The number of rotatable bonds is 5. The van der Waals surface area contributed by atoms with Crippen molar-refractivity contribution in [1.29, 1.82) is 0 Å². The van der Waals surface area contributed by atoms with Crippen molar-refractivity contribution in [3.8, 4) is 0 Å². The van der Waals surface area contributed by atoms with Crippen LogP contribution in [-0.4, -0.2) is 50.8 Å². The monoisotopic (exact) mass is 283 g/mol. The van der Waals surface area contributed by atoms with Crippen molar-refractivity contribution in [2.75, 3.05) is 6.54 Å². The van der Waals surface area contributed by atoms with Gasteiger partial charge in [0.25, 0.3) is 0 Å². The Bertz CT molecular complexity index is 449.